The van der Waals surface area contributed by atoms with E-state index in [1.165, 1.54) is 0 Å². The van der Waals surface area contributed by atoms with Gasteiger partial charge >= 0.3 is 0 Å². The lowest BCUT2D eigenvalue weighted by Gasteiger charge is -2.22. The number of anilines is 2. The minimum absolute atomic E-state index is 0.0733. The zero-order valence-electron chi connectivity index (χ0n) is 13.4. The first-order valence-electron chi connectivity index (χ1n) is 7.39. The van der Waals surface area contributed by atoms with Crippen molar-refractivity contribution in [3.63, 3.8) is 0 Å². The Bertz CT molecular complexity index is 592. The average molecular weight is 328 g/mol. The Kier molecular flexibility index (Phi) is 5.52. The predicted octanol–water partition coefficient (Wildman–Crippen LogP) is -0.141. The Morgan fingerprint density at radius 2 is 2.14 bits per heavy atom. The fraction of sp³-hybridized carbons (Fsp3) is 0.769. The Morgan fingerprint density at radius 1 is 1.36 bits per heavy atom. The molecule has 0 saturated carbocycles. The maximum Gasteiger partial charge on any atom is 0.247 e. The van der Waals surface area contributed by atoms with E-state index in [9.17, 15) is 8.42 Å². The van der Waals surface area contributed by atoms with Crippen LogP contribution in [0, 0.1) is 0 Å². The van der Waals surface area contributed by atoms with Gasteiger partial charge in [-0.15, -0.1) is 5.10 Å². The van der Waals surface area contributed by atoms with E-state index in [2.05, 4.69) is 25.4 Å². The van der Waals surface area contributed by atoms with Crippen LogP contribution in [0.2, 0.25) is 0 Å². The summed E-state index contributed by atoms with van der Waals surface area (Å²) in [5.41, 5.74) is 0. The van der Waals surface area contributed by atoms with Gasteiger partial charge in [0.1, 0.15) is 0 Å². The molecule has 124 valence electrons. The molecule has 0 bridgehead atoms. The van der Waals surface area contributed by atoms with E-state index in [4.69, 9.17) is 0 Å². The summed E-state index contributed by atoms with van der Waals surface area (Å²) < 4.78 is 23.1. The normalized spacial score (nSPS) is 20.3. The number of rotatable bonds is 7. The first kappa shape index (κ1) is 16.9. The molecule has 1 aromatic rings. The molecule has 22 heavy (non-hydrogen) atoms. The van der Waals surface area contributed by atoms with Gasteiger partial charge in [0.15, 0.2) is 15.7 Å². The van der Waals surface area contributed by atoms with Crippen molar-refractivity contribution in [1.29, 1.82) is 0 Å². The topological polar surface area (TPSA) is 91.3 Å². The van der Waals surface area contributed by atoms with E-state index in [0.717, 1.165) is 19.5 Å². The third kappa shape index (κ3) is 4.77. The van der Waals surface area contributed by atoms with Gasteiger partial charge in [0.05, 0.1) is 17.7 Å². The van der Waals surface area contributed by atoms with Crippen LogP contribution in [0.4, 0.5) is 11.8 Å². The van der Waals surface area contributed by atoms with Crippen molar-refractivity contribution in [3.05, 3.63) is 6.20 Å². The largest absolute Gasteiger partial charge is 0.369 e. The molecule has 0 aliphatic carbocycles. The zero-order valence-corrected chi connectivity index (χ0v) is 14.2. The average Bonchev–Trinajstić information content (AvgIpc) is 2.83. The van der Waals surface area contributed by atoms with Crippen molar-refractivity contribution in [1.82, 2.24) is 20.1 Å². The van der Waals surface area contributed by atoms with Crippen molar-refractivity contribution in [2.75, 3.05) is 56.0 Å². The van der Waals surface area contributed by atoms with Crippen LogP contribution < -0.4 is 10.2 Å². The van der Waals surface area contributed by atoms with Gasteiger partial charge < -0.3 is 15.1 Å². The van der Waals surface area contributed by atoms with Gasteiger partial charge in [0.2, 0.25) is 5.95 Å². The molecule has 1 saturated heterocycles. The van der Waals surface area contributed by atoms with Gasteiger partial charge in [0.25, 0.3) is 0 Å². The number of hydrogen-bond donors (Lipinski definition) is 1. The van der Waals surface area contributed by atoms with E-state index in [-0.39, 0.29) is 17.5 Å². The molecule has 1 fully saturated rings. The summed E-state index contributed by atoms with van der Waals surface area (Å²) in [6, 6.07) is -0.0733. The SMILES string of the molecule is CN(C)CCCNc1cnnc(N(C)C2CCS(=O)(=O)C2)n1. The lowest BCUT2D eigenvalue weighted by molar-refractivity contribution is 0.405. The first-order valence-corrected chi connectivity index (χ1v) is 9.21. The predicted molar refractivity (Wildman–Crippen MR) is 86.9 cm³/mol. The quantitative estimate of drug-likeness (QED) is 0.692. The molecule has 0 aromatic carbocycles. The standard InChI is InChI=1S/C13H24N6O2S/c1-18(2)7-4-6-14-12-9-15-17-13(16-12)19(3)11-5-8-22(20,21)10-11/h9,11H,4-8,10H2,1-3H3,(H,14,16,17). The van der Waals surface area contributed by atoms with Gasteiger partial charge in [-0.05, 0) is 33.5 Å². The molecule has 1 N–H and O–H groups in total. The van der Waals surface area contributed by atoms with Crippen molar-refractivity contribution >= 4 is 21.6 Å². The minimum atomic E-state index is -2.92. The maximum atomic E-state index is 11.6. The smallest absolute Gasteiger partial charge is 0.247 e. The van der Waals surface area contributed by atoms with Crippen LogP contribution in [0.25, 0.3) is 0 Å². The highest BCUT2D eigenvalue weighted by Gasteiger charge is 2.31. The fourth-order valence-electron chi connectivity index (χ4n) is 2.38. The molecule has 9 heteroatoms. The van der Waals surface area contributed by atoms with E-state index in [1.807, 2.05) is 26.0 Å². The van der Waals surface area contributed by atoms with Crippen LogP contribution in [0.5, 0.6) is 0 Å². The highest BCUT2D eigenvalue weighted by Crippen LogP contribution is 2.20. The maximum absolute atomic E-state index is 11.6. The molecule has 1 aliphatic heterocycles. The molecule has 0 amide bonds. The van der Waals surface area contributed by atoms with Gasteiger partial charge in [-0.2, -0.15) is 10.1 Å². The van der Waals surface area contributed by atoms with Crippen LogP contribution in [0.1, 0.15) is 12.8 Å². The third-order valence-corrected chi connectivity index (χ3v) is 5.46. The van der Waals surface area contributed by atoms with Crippen LogP contribution in [-0.4, -0.2) is 80.3 Å². The zero-order chi connectivity index (χ0) is 16.2. The highest BCUT2D eigenvalue weighted by atomic mass is 32.2. The number of hydrogen-bond acceptors (Lipinski definition) is 8. The first-order chi connectivity index (χ1) is 10.4. The monoisotopic (exact) mass is 328 g/mol. The number of nitrogens with zero attached hydrogens (tertiary/aromatic N) is 5. The lowest BCUT2D eigenvalue weighted by atomic mass is 10.2. The molecule has 2 rings (SSSR count). The van der Waals surface area contributed by atoms with E-state index >= 15 is 0 Å². The van der Waals surface area contributed by atoms with Crippen LogP contribution in [0.3, 0.4) is 0 Å². The summed E-state index contributed by atoms with van der Waals surface area (Å²) in [5.74, 6) is 1.52. The molecule has 1 aliphatic rings. The molecule has 1 atom stereocenters. The summed E-state index contributed by atoms with van der Waals surface area (Å²) in [7, 11) is 2.97. The summed E-state index contributed by atoms with van der Waals surface area (Å²) in [5, 5.41) is 11.2. The van der Waals surface area contributed by atoms with Crippen molar-refractivity contribution in [2.24, 2.45) is 0 Å². The summed E-state index contributed by atoms with van der Waals surface area (Å²) >= 11 is 0. The Labute approximate surface area is 131 Å². The van der Waals surface area contributed by atoms with Crippen molar-refractivity contribution in [3.8, 4) is 0 Å². The Morgan fingerprint density at radius 3 is 2.77 bits per heavy atom. The minimum Gasteiger partial charge on any atom is -0.369 e. The number of sulfone groups is 1. The van der Waals surface area contributed by atoms with Crippen LogP contribution in [0.15, 0.2) is 6.20 Å². The molecule has 0 radical (unpaired) electrons. The molecular weight excluding hydrogens is 304 g/mol. The number of aromatic nitrogens is 3. The summed E-state index contributed by atoms with van der Waals surface area (Å²) in [6.07, 6.45) is 3.20. The Hall–Kier alpha value is -1.48. The van der Waals surface area contributed by atoms with E-state index < -0.39 is 9.84 Å². The van der Waals surface area contributed by atoms with Gasteiger partial charge in [-0.3, -0.25) is 0 Å². The second-order valence-electron chi connectivity index (χ2n) is 5.89. The van der Waals surface area contributed by atoms with Crippen LogP contribution in [-0.2, 0) is 9.84 Å². The molecule has 0 spiro atoms. The fourth-order valence-corrected chi connectivity index (χ4v) is 4.16. The molecule has 2 heterocycles. The second-order valence-corrected chi connectivity index (χ2v) is 8.12. The van der Waals surface area contributed by atoms with Gasteiger partial charge in [0, 0.05) is 19.6 Å². The second kappa shape index (κ2) is 7.19. The molecular formula is C13H24N6O2S. The Balaban J connectivity index is 1.93. The lowest BCUT2D eigenvalue weighted by Crippen LogP contribution is -2.34. The summed E-state index contributed by atoms with van der Waals surface area (Å²) in [4.78, 5) is 8.35. The van der Waals surface area contributed by atoms with Crippen molar-refractivity contribution < 1.29 is 8.42 Å². The molecule has 1 unspecified atom stereocenters. The van der Waals surface area contributed by atoms with Gasteiger partial charge in [-0.25, -0.2) is 8.42 Å². The highest BCUT2D eigenvalue weighted by molar-refractivity contribution is 7.91. The van der Waals surface area contributed by atoms with E-state index in [1.54, 1.807) is 6.20 Å². The van der Waals surface area contributed by atoms with Crippen molar-refractivity contribution in [2.45, 2.75) is 18.9 Å². The molecule has 1 aromatic heterocycles. The van der Waals surface area contributed by atoms with E-state index in [0.29, 0.717) is 18.2 Å². The molecule has 8 nitrogen and oxygen atoms in total. The van der Waals surface area contributed by atoms with Gasteiger partial charge in [-0.1, -0.05) is 0 Å². The summed E-state index contributed by atoms with van der Waals surface area (Å²) in [6.45, 7) is 1.80. The third-order valence-electron chi connectivity index (χ3n) is 3.71. The number of nitrogens with one attached hydrogen (secondary N) is 1. The van der Waals surface area contributed by atoms with Crippen LogP contribution >= 0.6 is 0 Å².